The molecule has 0 bridgehead atoms. The maximum atomic E-state index is 5.32. The fraction of sp³-hybridized carbons (Fsp3) is 0.750. The summed E-state index contributed by atoms with van der Waals surface area (Å²) < 4.78 is 10.6. The zero-order valence-corrected chi connectivity index (χ0v) is 12.1. The molecule has 8 nitrogen and oxygen atoms in total. The first-order valence-corrected chi connectivity index (χ1v) is 6.92. The molecule has 0 unspecified atom stereocenters. The molecule has 8 heteroatoms. The highest BCUT2D eigenvalue weighted by Crippen LogP contribution is 2.10. The summed E-state index contributed by atoms with van der Waals surface area (Å²) in [5.41, 5.74) is 0. The molecule has 0 aliphatic carbocycles. The zero-order chi connectivity index (χ0) is 14.2. The smallest absolute Gasteiger partial charge is 0.323 e. The van der Waals surface area contributed by atoms with E-state index in [0.29, 0.717) is 24.5 Å². The highest BCUT2D eigenvalue weighted by Gasteiger charge is 2.10. The predicted molar refractivity (Wildman–Crippen MR) is 76.3 cm³/mol. The van der Waals surface area contributed by atoms with Crippen LogP contribution in [0.4, 0.5) is 11.9 Å². The fourth-order valence-corrected chi connectivity index (χ4v) is 1.89. The van der Waals surface area contributed by atoms with Gasteiger partial charge in [-0.2, -0.15) is 15.0 Å². The standard InChI is InChI=1S/C12H22N6O2/c1-3-20-12-16-10(13-2)15-11(17-12)14-4-5-18-6-8-19-9-7-18/h3-9H2,1-2H3,(H2,13,14,15,16,17). The molecule has 0 amide bonds. The molecule has 0 spiro atoms. The number of aromatic nitrogens is 3. The molecule has 1 saturated heterocycles. The number of morpholine rings is 1. The van der Waals surface area contributed by atoms with E-state index in [0.717, 1.165) is 39.4 Å². The largest absolute Gasteiger partial charge is 0.464 e. The van der Waals surface area contributed by atoms with Gasteiger partial charge in [-0.25, -0.2) is 0 Å². The van der Waals surface area contributed by atoms with Crippen LogP contribution in [0.25, 0.3) is 0 Å². The predicted octanol–water partition coefficient (Wildman–Crippen LogP) is 0.0561. The molecule has 2 rings (SSSR count). The van der Waals surface area contributed by atoms with E-state index in [-0.39, 0.29) is 0 Å². The highest BCUT2D eigenvalue weighted by molar-refractivity contribution is 5.35. The number of nitrogens with one attached hydrogen (secondary N) is 2. The topological polar surface area (TPSA) is 84.4 Å². The molecule has 1 aromatic rings. The van der Waals surface area contributed by atoms with Gasteiger partial charge < -0.3 is 20.1 Å². The van der Waals surface area contributed by atoms with Gasteiger partial charge in [0.05, 0.1) is 19.8 Å². The van der Waals surface area contributed by atoms with Crippen molar-refractivity contribution in [2.75, 3.05) is 63.7 Å². The summed E-state index contributed by atoms with van der Waals surface area (Å²) >= 11 is 0. The van der Waals surface area contributed by atoms with E-state index in [9.17, 15) is 0 Å². The second-order valence-corrected chi connectivity index (χ2v) is 4.33. The number of hydrogen-bond acceptors (Lipinski definition) is 8. The molecule has 1 aliphatic heterocycles. The Morgan fingerprint density at radius 1 is 1.20 bits per heavy atom. The summed E-state index contributed by atoms with van der Waals surface area (Å²) in [6.45, 7) is 7.71. The number of anilines is 2. The van der Waals surface area contributed by atoms with Crippen LogP contribution in [-0.2, 0) is 4.74 Å². The molecule has 0 saturated carbocycles. The molecule has 0 atom stereocenters. The zero-order valence-electron chi connectivity index (χ0n) is 12.1. The summed E-state index contributed by atoms with van der Waals surface area (Å²) in [5, 5.41) is 6.10. The maximum Gasteiger partial charge on any atom is 0.323 e. The first-order valence-electron chi connectivity index (χ1n) is 6.92. The van der Waals surface area contributed by atoms with Gasteiger partial charge in [-0.05, 0) is 6.92 Å². The molecule has 0 radical (unpaired) electrons. The van der Waals surface area contributed by atoms with Crippen molar-refractivity contribution in [1.29, 1.82) is 0 Å². The van der Waals surface area contributed by atoms with E-state index >= 15 is 0 Å². The van der Waals surface area contributed by atoms with Crippen LogP contribution in [0.5, 0.6) is 6.01 Å². The van der Waals surface area contributed by atoms with Crippen LogP contribution >= 0.6 is 0 Å². The second-order valence-electron chi connectivity index (χ2n) is 4.33. The first kappa shape index (κ1) is 14.7. The van der Waals surface area contributed by atoms with E-state index in [4.69, 9.17) is 9.47 Å². The van der Waals surface area contributed by atoms with Crippen LogP contribution in [0.2, 0.25) is 0 Å². The average molecular weight is 282 g/mol. The lowest BCUT2D eigenvalue weighted by Crippen LogP contribution is -2.39. The molecule has 2 N–H and O–H groups in total. The van der Waals surface area contributed by atoms with Crippen LogP contribution < -0.4 is 15.4 Å². The minimum atomic E-state index is 0.334. The van der Waals surface area contributed by atoms with E-state index in [1.54, 1.807) is 7.05 Å². The lowest BCUT2D eigenvalue weighted by Gasteiger charge is -2.26. The van der Waals surface area contributed by atoms with Gasteiger partial charge >= 0.3 is 6.01 Å². The summed E-state index contributed by atoms with van der Waals surface area (Å²) in [4.78, 5) is 14.9. The first-order chi connectivity index (χ1) is 9.81. The highest BCUT2D eigenvalue weighted by atomic mass is 16.5. The van der Waals surface area contributed by atoms with Gasteiger partial charge in [0.25, 0.3) is 0 Å². The maximum absolute atomic E-state index is 5.32. The third-order valence-electron chi connectivity index (χ3n) is 2.93. The van der Waals surface area contributed by atoms with Crippen molar-refractivity contribution in [2.45, 2.75) is 6.92 Å². The van der Waals surface area contributed by atoms with Gasteiger partial charge in [0, 0.05) is 33.2 Å². The number of nitrogens with zero attached hydrogens (tertiary/aromatic N) is 4. The van der Waals surface area contributed by atoms with Crippen molar-refractivity contribution < 1.29 is 9.47 Å². The van der Waals surface area contributed by atoms with Gasteiger partial charge in [0.15, 0.2) is 0 Å². The molecular formula is C12H22N6O2. The van der Waals surface area contributed by atoms with Crippen molar-refractivity contribution in [3.05, 3.63) is 0 Å². The van der Waals surface area contributed by atoms with E-state index in [1.165, 1.54) is 0 Å². The molecule has 1 aliphatic rings. The Morgan fingerprint density at radius 3 is 2.65 bits per heavy atom. The average Bonchev–Trinajstić information content (AvgIpc) is 2.48. The Kier molecular flexibility index (Phi) is 5.75. The SMILES string of the molecule is CCOc1nc(NC)nc(NCCN2CCOCC2)n1. The van der Waals surface area contributed by atoms with Crippen molar-refractivity contribution in [1.82, 2.24) is 19.9 Å². The summed E-state index contributed by atoms with van der Waals surface area (Å²) in [7, 11) is 1.77. The molecule has 2 heterocycles. The van der Waals surface area contributed by atoms with Gasteiger partial charge in [-0.3, -0.25) is 4.90 Å². The molecule has 20 heavy (non-hydrogen) atoms. The third-order valence-corrected chi connectivity index (χ3v) is 2.93. The summed E-state index contributed by atoms with van der Waals surface area (Å²) in [5.74, 6) is 1.03. The van der Waals surface area contributed by atoms with Gasteiger partial charge in [0.1, 0.15) is 0 Å². The summed E-state index contributed by atoms with van der Waals surface area (Å²) in [6, 6.07) is 0.334. The quantitative estimate of drug-likeness (QED) is 0.726. The lowest BCUT2D eigenvalue weighted by molar-refractivity contribution is 0.0398. The van der Waals surface area contributed by atoms with Crippen LogP contribution in [0.15, 0.2) is 0 Å². The van der Waals surface area contributed by atoms with Crippen LogP contribution in [-0.4, -0.2) is 72.9 Å². The molecule has 1 fully saturated rings. The van der Waals surface area contributed by atoms with E-state index < -0.39 is 0 Å². The normalized spacial score (nSPS) is 15.9. The van der Waals surface area contributed by atoms with Gasteiger partial charge in [-0.15, -0.1) is 0 Å². The van der Waals surface area contributed by atoms with Crippen molar-refractivity contribution in [2.24, 2.45) is 0 Å². The van der Waals surface area contributed by atoms with Gasteiger partial charge in [-0.1, -0.05) is 0 Å². The van der Waals surface area contributed by atoms with E-state index in [1.807, 2.05) is 6.92 Å². The van der Waals surface area contributed by atoms with Crippen LogP contribution in [0.3, 0.4) is 0 Å². The number of rotatable bonds is 7. The monoisotopic (exact) mass is 282 g/mol. The molecule has 112 valence electrons. The van der Waals surface area contributed by atoms with Crippen LogP contribution in [0, 0.1) is 0 Å². The molecule has 1 aromatic heterocycles. The summed E-state index contributed by atoms with van der Waals surface area (Å²) in [6.07, 6.45) is 0. The Balaban J connectivity index is 1.85. The van der Waals surface area contributed by atoms with Crippen molar-refractivity contribution in [3.8, 4) is 6.01 Å². The second kappa shape index (κ2) is 7.81. The molecule has 0 aromatic carbocycles. The van der Waals surface area contributed by atoms with E-state index in [2.05, 4.69) is 30.5 Å². The number of ether oxygens (including phenoxy) is 2. The Morgan fingerprint density at radius 2 is 1.95 bits per heavy atom. The Hall–Kier alpha value is -1.67. The third kappa shape index (κ3) is 4.46. The fourth-order valence-electron chi connectivity index (χ4n) is 1.89. The molecular weight excluding hydrogens is 260 g/mol. The van der Waals surface area contributed by atoms with Crippen molar-refractivity contribution >= 4 is 11.9 Å². The Labute approximate surface area is 118 Å². The minimum Gasteiger partial charge on any atom is -0.464 e. The minimum absolute atomic E-state index is 0.334. The number of hydrogen-bond donors (Lipinski definition) is 2. The van der Waals surface area contributed by atoms with Crippen LogP contribution in [0.1, 0.15) is 6.92 Å². The lowest BCUT2D eigenvalue weighted by atomic mass is 10.4. The van der Waals surface area contributed by atoms with Gasteiger partial charge in [0.2, 0.25) is 11.9 Å². The van der Waals surface area contributed by atoms with Crippen molar-refractivity contribution in [3.63, 3.8) is 0 Å². The Bertz CT molecular complexity index is 411.